The molecule has 5 nitrogen and oxygen atoms in total. The third-order valence-electron chi connectivity index (χ3n) is 1.95. The van der Waals surface area contributed by atoms with Gasteiger partial charge >= 0.3 is 11.9 Å². The second kappa shape index (κ2) is 10.8. The molecule has 22 heavy (non-hydrogen) atoms. The van der Waals surface area contributed by atoms with Crippen molar-refractivity contribution in [3.63, 3.8) is 0 Å². The first-order chi connectivity index (χ1) is 9.90. The molecule has 0 aromatic rings. The largest absolute Gasteiger partial charge is 0.458 e. The second-order valence-electron chi connectivity index (χ2n) is 5.89. The minimum absolute atomic E-state index is 0.0607. The number of nitrogens with one attached hydrogen (secondary N) is 1. The first-order valence-corrected chi connectivity index (χ1v) is 6.98. The molecule has 0 radical (unpaired) electrons. The topological polar surface area (TPSA) is 64.6 Å². The van der Waals surface area contributed by atoms with Gasteiger partial charge in [-0.05, 0) is 41.5 Å². The lowest BCUT2D eigenvalue weighted by Crippen LogP contribution is -2.44. The zero-order valence-electron chi connectivity index (χ0n) is 14.6. The maximum absolute atomic E-state index is 11.1. The Labute approximate surface area is 134 Å². The molecule has 5 heteroatoms. The van der Waals surface area contributed by atoms with Crippen molar-refractivity contribution in [3.8, 4) is 0 Å². The molecule has 0 aromatic heterocycles. The lowest BCUT2D eigenvalue weighted by atomic mass is 10.1. The van der Waals surface area contributed by atoms with Gasteiger partial charge in [-0.15, -0.1) is 0 Å². The number of hydrogen-bond acceptors (Lipinski definition) is 5. The Hall–Kier alpha value is -1.88. The molecule has 1 N–H and O–H groups in total. The van der Waals surface area contributed by atoms with Crippen LogP contribution in [0.15, 0.2) is 37.0 Å². The van der Waals surface area contributed by atoms with Crippen molar-refractivity contribution in [2.45, 2.75) is 53.3 Å². The minimum atomic E-state index is -0.366. The van der Waals surface area contributed by atoms with E-state index in [1.807, 2.05) is 20.8 Å². The highest BCUT2D eigenvalue weighted by Crippen LogP contribution is 2.03. The molecule has 0 aliphatic heterocycles. The van der Waals surface area contributed by atoms with Crippen molar-refractivity contribution in [1.29, 1.82) is 0 Å². The SMILES string of the molecule is C=C(C)C(=O)OC(C)NC(C)(C)C.C=CCOC(=O)C(=C)C. The summed E-state index contributed by atoms with van der Waals surface area (Å²) in [7, 11) is 0. The number of esters is 2. The van der Waals surface area contributed by atoms with Crippen molar-refractivity contribution in [3.05, 3.63) is 37.0 Å². The number of carbonyl (C=O) groups is 2. The van der Waals surface area contributed by atoms with Crippen LogP contribution in [0.1, 0.15) is 41.5 Å². The standard InChI is InChI=1S/C10H19NO2.C7H10O2/c1-7(2)9(12)13-8(3)11-10(4,5)6;1-4-5-9-7(8)6(2)3/h8,11H,1H2,2-6H3;4H,1-2,5H2,3H3. The van der Waals surface area contributed by atoms with Crippen LogP contribution in [0.2, 0.25) is 0 Å². The van der Waals surface area contributed by atoms with E-state index in [-0.39, 0.29) is 30.3 Å². The van der Waals surface area contributed by atoms with Gasteiger partial charge < -0.3 is 9.47 Å². The zero-order chi connectivity index (χ0) is 17.9. The van der Waals surface area contributed by atoms with Crippen molar-refractivity contribution in [2.75, 3.05) is 6.61 Å². The zero-order valence-corrected chi connectivity index (χ0v) is 14.6. The maximum Gasteiger partial charge on any atom is 0.334 e. The van der Waals surface area contributed by atoms with Gasteiger partial charge in [0, 0.05) is 16.7 Å². The monoisotopic (exact) mass is 311 g/mol. The van der Waals surface area contributed by atoms with Gasteiger partial charge in [0.05, 0.1) is 0 Å². The first kappa shape index (κ1) is 22.4. The predicted octanol–water partition coefficient (Wildman–Crippen LogP) is 3.13. The number of hydrogen-bond donors (Lipinski definition) is 1. The van der Waals surface area contributed by atoms with Crippen LogP contribution in [0, 0.1) is 0 Å². The molecule has 0 rings (SSSR count). The Morgan fingerprint density at radius 3 is 1.91 bits per heavy atom. The molecule has 0 spiro atoms. The predicted molar refractivity (Wildman–Crippen MR) is 89.2 cm³/mol. The van der Waals surface area contributed by atoms with Gasteiger partial charge in [0.2, 0.25) is 0 Å². The fourth-order valence-corrected chi connectivity index (χ4v) is 1.16. The van der Waals surface area contributed by atoms with E-state index in [0.717, 1.165) is 0 Å². The molecule has 126 valence electrons. The summed E-state index contributed by atoms with van der Waals surface area (Å²) in [6.07, 6.45) is 1.23. The highest BCUT2D eigenvalue weighted by atomic mass is 16.6. The van der Waals surface area contributed by atoms with E-state index in [9.17, 15) is 9.59 Å². The van der Waals surface area contributed by atoms with Gasteiger partial charge in [-0.1, -0.05) is 25.8 Å². The highest BCUT2D eigenvalue weighted by molar-refractivity contribution is 5.87. The molecule has 0 aliphatic carbocycles. The molecule has 1 unspecified atom stereocenters. The number of rotatable bonds is 6. The van der Waals surface area contributed by atoms with Gasteiger partial charge in [0.15, 0.2) is 6.23 Å². The van der Waals surface area contributed by atoms with Crippen molar-refractivity contribution < 1.29 is 19.1 Å². The smallest absolute Gasteiger partial charge is 0.334 e. The molecular formula is C17H29NO4. The van der Waals surface area contributed by atoms with Crippen LogP contribution in [0.3, 0.4) is 0 Å². The summed E-state index contributed by atoms with van der Waals surface area (Å²) in [6.45, 7) is 21.6. The normalized spacial score (nSPS) is 11.4. The van der Waals surface area contributed by atoms with E-state index in [0.29, 0.717) is 11.1 Å². The summed E-state index contributed by atoms with van der Waals surface area (Å²) >= 11 is 0. The summed E-state index contributed by atoms with van der Waals surface area (Å²) in [5.41, 5.74) is 0.772. The van der Waals surface area contributed by atoms with Crippen LogP contribution in [0.5, 0.6) is 0 Å². The lowest BCUT2D eigenvalue weighted by molar-refractivity contribution is -0.145. The maximum atomic E-state index is 11.1. The average molecular weight is 311 g/mol. The molecular weight excluding hydrogens is 282 g/mol. The molecule has 0 saturated heterocycles. The van der Waals surface area contributed by atoms with E-state index in [4.69, 9.17) is 4.74 Å². The lowest BCUT2D eigenvalue weighted by Gasteiger charge is -2.25. The molecule has 0 fully saturated rings. The summed E-state index contributed by atoms with van der Waals surface area (Å²) in [5.74, 6) is -0.723. The Bertz CT molecular complexity index is 419. The van der Waals surface area contributed by atoms with E-state index in [1.54, 1.807) is 20.8 Å². The average Bonchev–Trinajstić information content (AvgIpc) is 2.33. The van der Waals surface area contributed by atoms with Crippen LogP contribution < -0.4 is 5.32 Å². The van der Waals surface area contributed by atoms with E-state index in [2.05, 4.69) is 29.8 Å². The van der Waals surface area contributed by atoms with Crippen molar-refractivity contribution in [1.82, 2.24) is 5.32 Å². The second-order valence-corrected chi connectivity index (χ2v) is 5.89. The quantitative estimate of drug-likeness (QED) is 0.353. The van der Waals surface area contributed by atoms with Crippen LogP contribution in [0.25, 0.3) is 0 Å². The molecule has 0 aliphatic rings. The third kappa shape index (κ3) is 14.5. The van der Waals surface area contributed by atoms with E-state index >= 15 is 0 Å². The number of carbonyl (C=O) groups excluding carboxylic acids is 2. The van der Waals surface area contributed by atoms with Crippen LogP contribution in [0.4, 0.5) is 0 Å². The molecule has 0 aromatic carbocycles. The van der Waals surface area contributed by atoms with Gasteiger partial charge in [0.25, 0.3) is 0 Å². The fraction of sp³-hybridized carbons (Fsp3) is 0.529. The minimum Gasteiger partial charge on any atom is -0.458 e. The number of ether oxygens (including phenoxy) is 2. The van der Waals surface area contributed by atoms with Gasteiger partial charge in [-0.25, -0.2) is 9.59 Å². The van der Waals surface area contributed by atoms with Gasteiger partial charge in [0.1, 0.15) is 6.61 Å². The van der Waals surface area contributed by atoms with E-state index in [1.165, 1.54) is 6.08 Å². The first-order valence-electron chi connectivity index (χ1n) is 6.98. The Morgan fingerprint density at radius 1 is 1.14 bits per heavy atom. The van der Waals surface area contributed by atoms with Gasteiger partial charge in [-0.2, -0.15) is 0 Å². The third-order valence-corrected chi connectivity index (χ3v) is 1.95. The molecule has 0 saturated carbocycles. The summed E-state index contributed by atoms with van der Waals surface area (Å²) in [5, 5.41) is 3.12. The Morgan fingerprint density at radius 2 is 1.59 bits per heavy atom. The molecule has 1 atom stereocenters. The van der Waals surface area contributed by atoms with Crippen LogP contribution in [-0.4, -0.2) is 30.3 Å². The highest BCUT2D eigenvalue weighted by Gasteiger charge is 2.16. The van der Waals surface area contributed by atoms with Crippen molar-refractivity contribution in [2.24, 2.45) is 0 Å². The summed E-state index contributed by atoms with van der Waals surface area (Å²) in [4.78, 5) is 21.6. The Balaban J connectivity index is 0. The molecule has 0 amide bonds. The molecule has 0 heterocycles. The fourth-order valence-electron chi connectivity index (χ4n) is 1.16. The van der Waals surface area contributed by atoms with E-state index < -0.39 is 0 Å². The molecule has 0 bridgehead atoms. The van der Waals surface area contributed by atoms with Crippen molar-refractivity contribution >= 4 is 11.9 Å². The van der Waals surface area contributed by atoms with Crippen LogP contribution in [-0.2, 0) is 19.1 Å². The van der Waals surface area contributed by atoms with Gasteiger partial charge in [-0.3, -0.25) is 5.32 Å². The summed E-state index contributed by atoms with van der Waals surface area (Å²) in [6, 6.07) is 0. The summed E-state index contributed by atoms with van der Waals surface area (Å²) < 4.78 is 9.63. The van der Waals surface area contributed by atoms with Crippen LogP contribution >= 0.6 is 0 Å². The Kier molecular flexibility index (Phi) is 11.0.